The summed E-state index contributed by atoms with van der Waals surface area (Å²) in [4.78, 5) is 11.6. The van der Waals surface area contributed by atoms with Gasteiger partial charge in [-0.1, -0.05) is 24.3 Å². The topological polar surface area (TPSA) is 61.5 Å². The van der Waals surface area contributed by atoms with Crippen LogP contribution in [0.1, 0.15) is 33.1 Å². The highest BCUT2D eigenvalue weighted by Crippen LogP contribution is 2.34. The zero-order valence-corrected chi connectivity index (χ0v) is 12.4. The van der Waals surface area contributed by atoms with Crippen LogP contribution in [0, 0.1) is 0 Å². The van der Waals surface area contributed by atoms with Gasteiger partial charge in [-0.2, -0.15) is 0 Å². The molecule has 2 aromatic carbocycles. The fourth-order valence-electron chi connectivity index (χ4n) is 2.46. The van der Waals surface area contributed by atoms with Crippen molar-refractivity contribution in [2.24, 2.45) is 5.73 Å². The van der Waals surface area contributed by atoms with Crippen molar-refractivity contribution in [3.8, 4) is 5.75 Å². The minimum absolute atomic E-state index is 0. The molecule has 0 aromatic heterocycles. The molecule has 3 rings (SSSR count). The van der Waals surface area contributed by atoms with Gasteiger partial charge in [0.05, 0.1) is 18.7 Å². The van der Waals surface area contributed by atoms with E-state index >= 15 is 0 Å². The Morgan fingerprint density at radius 3 is 2.76 bits per heavy atom. The van der Waals surface area contributed by atoms with Crippen molar-refractivity contribution in [3.05, 3.63) is 64.7 Å². The molecule has 2 N–H and O–H groups in total. The van der Waals surface area contributed by atoms with E-state index in [0.717, 1.165) is 16.7 Å². The first kappa shape index (κ1) is 15.4. The number of hydrogen-bond acceptors (Lipinski definition) is 4. The summed E-state index contributed by atoms with van der Waals surface area (Å²) in [6.07, 6.45) is 0. The normalized spacial score (nSPS) is 15.6. The smallest absolute Gasteiger partial charge is 0.337 e. The highest BCUT2D eigenvalue weighted by molar-refractivity contribution is 5.89. The van der Waals surface area contributed by atoms with E-state index in [1.165, 1.54) is 7.11 Å². The van der Waals surface area contributed by atoms with Gasteiger partial charge in [-0.05, 0) is 29.3 Å². The van der Waals surface area contributed by atoms with Crippen LogP contribution in [0.25, 0.3) is 0 Å². The van der Waals surface area contributed by atoms with E-state index in [1.54, 1.807) is 18.2 Å². The van der Waals surface area contributed by atoms with Gasteiger partial charge in [0.25, 0.3) is 0 Å². The number of rotatable bonds is 1. The lowest BCUT2D eigenvalue weighted by atomic mass is 9.95. The summed E-state index contributed by atoms with van der Waals surface area (Å²) in [5, 5.41) is 0. The lowest BCUT2D eigenvalue weighted by molar-refractivity contribution is 0.0600. The molecular weight excluding hydrogens is 290 g/mol. The minimum Gasteiger partial charge on any atom is -0.489 e. The van der Waals surface area contributed by atoms with Crippen LogP contribution in [0.4, 0.5) is 0 Å². The number of hydrogen-bond donors (Lipinski definition) is 1. The van der Waals surface area contributed by atoms with Crippen molar-refractivity contribution in [3.63, 3.8) is 0 Å². The van der Waals surface area contributed by atoms with Crippen LogP contribution >= 0.6 is 12.4 Å². The fraction of sp³-hybridized carbons (Fsp3) is 0.188. The van der Waals surface area contributed by atoms with Gasteiger partial charge in [0.1, 0.15) is 12.4 Å². The summed E-state index contributed by atoms with van der Waals surface area (Å²) in [5.41, 5.74) is 9.70. The quantitative estimate of drug-likeness (QED) is 0.823. The Kier molecular flexibility index (Phi) is 4.50. The zero-order chi connectivity index (χ0) is 14.1. The van der Waals surface area contributed by atoms with Crippen LogP contribution in [0.3, 0.4) is 0 Å². The molecule has 110 valence electrons. The number of carbonyl (C=O) groups is 1. The standard InChI is InChI=1S/C16H15NO3.ClH/c1-19-16(18)10-6-7-14-13(8-10)15(17)12-5-3-2-4-11(12)9-20-14;/h2-8,15H,9,17H2,1H3;1H. The molecule has 0 aliphatic carbocycles. The van der Waals surface area contributed by atoms with Crippen LogP contribution in [0.5, 0.6) is 5.75 Å². The molecule has 4 nitrogen and oxygen atoms in total. The Labute approximate surface area is 129 Å². The predicted octanol–water partition coefficient (Wildman–Crippen LogP) is 2.84. The van der Waals surface area contributed by atoms with Gasteiger partial charge in [-0.15, -0.1) is 12.4 Å². The van der Waals surface area contributed by atoms with Crippen LogP contribution in [0.15, 0.2) is 42.5 Å². The van der Waals surface area contributed by atoms with Crippen LogP contribution in [-0.4, -0.2) is 13.1 Å². The Balaban J connectivity index is 0.00000161. The predicted molar refractivity (Wildman–Crippen MR) is 81.8 cm³/mol. The molecule has 1 aliphatic rings. The van der Waals surface area contributed by atoms with Crippen LogP contribution in [-0.2, 0) is 11.3 Å². The Hall–Kier alpha value is -2.04. The van der Waals surface area contributed by atoms with E-state index in [9.17, 15) is 4.79 Å². The molecule has 0 amide bonds. The van der Waals surface area contributed by atoms with Crippen molar-refractivity contribution in [1.82, 2.24) is 0 Å². The Bertz CT molecular complexity index is 672. The average molecular weight is 306 g/mol. The first-order chi connectivity index (χ1) is 9.70. The first-order valence-electron chi connectivity index (χ1n) is 6.39. The van der Waals surface area contributed by atoms with Crippen LogP contribution in [0.2, 0.25) is 0 Å². The van der Waals surface area contributed by atoms with E-state index < -0.39 is 0 Å². The molecule has 1 heterocycles. The van der Waals surface area contributed by atoms with E-state index in [2.05, 4.69) is 0 Å². The molecule has 21 heavy (non-hydrogen) atoms. The second-order valence-corrected chi connectivity index (χ2v) is 4.71. The molecule has 0 saturated carbocycles. The van der Waals surface area contributed by atoms with Crippen LogP contribution < -0.4 is 10.5 Å². The Morgan fingerprint density at radius 1 is 1.24 bits per heavy atom. The second-order valence-electron chi connectivity index (χ2n) is 4.71. The maximum absolute atomic E-state index is 11.6. The van der Waals surface area contributed by atoms with Crippen molar-refractivity contribution in [1.29, 1.82) is 0 Å². The number of ether oxygens (including phenoxy) is 2. The molecule has 0 bridgehead atoms. The summed E-state index contributed by atoms with van der Waals surface area (Å²) in [6, 6.07) is 12.8. The number of fused-ring (bicyclic) bond motifs is 2. The van der Waals surface area contributed by atoms with E-state index in [0.29, 0.717) is 17.9 Å². The number of nitrogens with two attached hydrogens (primary N) is 1. The summed E-state index contributed by atoms with van der Waals surface area (Å²) >= 11 is 0. The van der Waals surface area contributed by atoms with Crippen molar-refractivity contribution >= 4 is 18.4 Å². The molecule has 5 heteroatoms. The van der Waals surface area contributed by atoms with E-state index in [-0.39, 0.29) is 24.4 Å². The third kappa shape index (κ3) is 2.73. The maximum Gasteiger partial charge on any atom is 0.337 e. The molecular formula is C16H16ClNO3. The monoisotopic (exact) mass is 305 g/mol. The number of halogens is 1. The molecule has 0 radical (unpaired) electrons. The fourth-order valence-corrected chi connectivity index (χ4v) is 2.46. The largest absolute Gasteiger partial charge is 0.489 e. The first-order valence-corrected chi connectivity index (χ1v) is 6.39. The van der Waals surface area contributed by atoms with Crippen molar-refractivity contribution in [2.75, 3.05) is 7.11 Å². The lowest BCUT2D eigenvalue weighted by Gasteiger charge is -2.14. The molecule has 1 atom stereocenters. The Morgan fingerprint density at radius 2 is 2.00 bits per heavy atom. The number of benzene rings is 2. The highest BCUT2D eigenvalue weighted by Gasteiger charge is 2.22. The van der Waals surface area contributed by atoms with Gasteiger partial charge in [0, 0.05) is 5.56 Å². The van der Waals surface area contributed by atoms with E-state index in [1.807, 2.05) is 24.3 Å². The molecule has 0 fully saturated rings. The molecule has 0 saturated heterocycles. The third-order valence-corrected chi connectivity index (χ3v) is 3.54. The van der Waals surface area contributed by atoms with Gasteiger partial charge >= 0.3 is 5.97 Å². The highest BCUT2D eigenvalue weighted by atomic mass is 35.5. The van der Waals surface area contributed by atoms with Gasteiger partial charge < -0.3 is 15.2 Å². The zero-order valence-electron chi connectivity index (χ0n) is 11.5. The summed E-state index contributed by atoms with van der Waals surface area (Å²) in [5.74, 6) is 0.332. The molecule has 0 spiro atoms. The van der Waals surface area contributed by atoms with Gasteiger partial charge in [-0.3, -0.25) is 0 Å². The summed E-state index contributed by atoms with van der Waals surface area (Å²) in [7, 11) is 1.36. The summed E-state index contributed by atoms with van der Waals surface area (Å²) < 4.78 is 10.5. The molecule has 2 aromatic rings. The SMILES string of the molecule is COC(=O)c1ccc2c(c1)C(N)c1ccccc1CO2.Cl. The van der Waals surface area contributed by atoms with Crippen molar-refractivity contribution < 1.29 is 14.3 Å². The maximum atomic E-state index is 11.6. The van der Waals surface area contributed by atoms with Gasteiger partial charge in [-0.25, -0.2) is 4.79 Å². The van der Waals surface area contributed by atoms with E-state index in [4.69, 9.17) is 15.2 Å². The number of esters is 1. The minimum atomic E-state index is -0.377. The molecule has 1 unspecified atom stereocenters. The van der Waals surface area contributed by atoms with Gasteiger partial charge in [0.2, 0.25) is 0 Å². The number of carbonyl (C=O) groups excluding carboxylic acids is 1. The number of methoxy groups -OCH3 is 1. The third-order valence-electron chi connectivity index (χ3n) is 3.54. The molecule has 1 aliphatic heterocycles. The average Bonchev–Trinajstić information content (AvgIpc) is 2.64. The van der Waals surface area contributed by atoms with Gasteiger partial charge in [0.15, 0.2) is 0 Å². The van der Waals surface area contributed by atoms with Crippen molar-refractivity contribution in [2.45, 2.75) is 12.6 Å². The second kappa shape index (κ2) is 6.16. The lowest BCUT2D eigenvalue weighted by Crippen LogP contribution is -2.13. The summed E-state index contributed by atoms with van der Waals surface area (Å²) in [6.45, 7) is 0.481.